The molecule has 25 heavy (non-hydrogen) atoms. The van der Waals surface area contributed by atoms with E-state index in [0.29, 0.717) is 5.69 Å². The molecule has 0 aromatic heterocycles. The van der Waals surface area contributed by atoms with Crippen molar-refractivity contribution in [3.05, 3.63) is 58.6 Å². The molecule has 0 spiro atoms. The molecule has 0 radical (unpaired) electrons. The molecule has 0 aliphatic carbocycles. The molecule has 1 heterocycles. The van der Waals surface area contributed by atoms with Crippen LogP contribution in [-0.4, -0.2) is 33.2 Å². The normalized spacial score (nSPS) is 16.6. The molecule has 1 amide bonds. The second-order valence-electron chi connectivity index (χ2n) is 6.19. The SMILES string of the molecule is CC1Cc2ccccc2N1C(=O)CN(c1ccc(Br)cc1)S(C)(=O)=O. The van der Waals surface area contributed by atoms with Gasteiger partial charge in [-0.15, -0.1) is 0 Å². The largest absolute Gasteiger partial charge is 0.307 e. The number of nitrogens with zero attached hydrogens (tertiary/aromatic N) is 2. The molecule has 3 rings (SSSR count). The van der Waals surface area contributed by atoms with Gasteiger partial charge in [0.05, 0.1) is 11.9 Å². The molecule has 1 unspecified atom stereocenters. The summed E-state index contributed by atoms with van der Waals surface area (Å²) in [7, 11) is -3.58. The van der Waals surface area contributed by atoms with Crippen molar-refractivity contribution < 1.29 is 13.2 Å². The average molecular weight is 423 g/mol. The Hall–Kier alpha value is -1.86. The second kappa shape index (κ2) is 6.80. The average Bonchev–Trinajstić information content (AvgIpc) is 2.88. The first-order valence-electron chi connectivity index (χ1n) is 7.90. The number of hydrogen-bond donors (Lipinski definition) is 0. The minimum absolute atomic E-state index is 0.0104. The van der Waals surface area contributed by atoms with E-state index >= 15 is 0 Å². The topological polar surface area (TPSA) is 57.7 Å². The Morgan fingerprint density at radius 2 is 1.84 bits per heavy atom. The standard InChI is InChI=1S/C18H19BrN2O3S/c1-13-11-14-5-3-4-6-17(14)21(13)18(22)12-20(25(2,23)24)16-9-7-15(19)8-10-16/h3-10,13H,11-12H2,1-2H3. The van der Waals surface area contributed by atoms with E-state index < -0.39 is 10.0 Å². The first-order chi connectivity index (χ1) is 11.8. The van der Waals surface area contributed by atoms with Crippen LogP contribution < -0.4 is 9.21 Å². The lowest BCUT2D eigenvalue weighted by atomic mass is 10.1. The zero-order chi connectivity index (χ0) is 18.2. The Morgan fingerprint density at radius 3 is 2.48 bits per heavy atom. The lowest BCUT2D eigenvalue weighted by molar-refractivity contribution is -0.117. The summed E-state index contributed by atoms with van der Waals surface area (Å²) in [6, 6.07) is 14.6. The molecule has 2 aromatic carbocycles. The number of carbonyl (C=O) groups excluding carboxylic acids is 1. The first-order valence-corrected chi connectivity index (χ1v) is 10.5. The molecule has 1 aliphatic heterocycles. The van der Waals surface area contributed by atoms with Crippen LogP contribution in [0.2, 0.25) is 0 Å². The fourth-order valence-corrected chi connectivity index (χ4v) is 4.27. The number of rotatable bonds is 4. The second-order valence-corrected chi connectivity index (χ2v) is 9.01. The molecular formula is C18H19BrN2O3S. The molecule has 2 aromatic rings. The van der Waals surface area contributed by atoms with Crippen molar-refractivity contribution in [2.75, 3.05) is 22.0 Å². The van der Waals surface area contributed by atoms with E-state index in [9.17, 15) is 13.2 Å². The summed E-state index contributed by atoms with van der Waals surface area (Å²) < 4.78 is 26.5. The highest BCUT2D eigenvalue weighted by atomic mass is 79.9. The number of amides is 1. The van der Waals surface area contributed by atoms with E-state index in [1.54, 1.807) is 29.2 Å². The van der Waals surface area contributed by atoms with Crippen LogP contribution in [0.4, 0.5) is 11.4 Å². The van der Waals surface area contributed by atoms with Gasteiger partial charge in [0.15, 0.2) is 0 Å². The van der Waals surface area contributed by atoms with Crippen molar-refractivity contribution in [1.82, 2.24) is 0 Å². The Bertz CT molecular complexity index is 897. The van der Waals surface area contributed by atoms with E-state index in [-0.39, 0.29) is 18.5 Å². The molecule has 1 atom stereocenters. The summed E-state index contributed by atoms with van der Waals surface area (Å²) in [6.45, 7) is 1.75. The van der Waals surface area contributed by atoms with Gasteiger partial charge in [-0.25, -0.2) is 8.42 Å². The van der Waals surface area contributed by atoms with Crippen LogP contribution in [0.1, 0.15) is 12.5 Å². The maximum absolute atomic E-state index is 12.9. The number of anilines is 2. The van der Waals surface area contributed by atoms with E-state index in [2.05, 4.69) is 15.9 Å². The van der Waals surface area contributed by atoms with Crippen LogP contribution in [-0.2, 0) is 21.2 Å². The monoisotopic (exact) mass is 422 g/mol. The van der Waals surface area contributed by atoms with Crippen molar-refractivity contribution in [3.63, 3.8) is 0 Å². The van der Waals surface area contributed by atoms with Crippen LogP contribution in [0, 0.1) is 0 Å². The highest BCUT2D eigenvalue weighted by Gasteiger charge is 2.32. The van der Waals surface area contributed by atoms with Crippen molar-refractivity contribution in [3.8, 4) is 0 Å². The lowest BCUT2D eigenvalue weighted by Crippen LogP contribution is -2.45. The summed E-state index contributed by atoms with van der Waals surface area (Å²) in [5.74, 6) is -0.231. The maximum Gasteiger partial charge on any atom is 0.248 e. The Balaban J connectivity index is 1.90. The number of hydrogen-bond acceptors (Lipinski definition) is 3. The highest BCUT2D eigenvalue weighted by molar-refractivity contribution is 9.10. The summed E-state index contributed by atoms with van der Waals surface area (Å²) in [5, 5.41) is 0. The number of fused-ring (bicyclic) bond motifs is 1. The molecule has 7 heteroatoms. The van der Waals surface area contributed by atoms with Crippen molar-refractivity contribution in [1.29, 1.82) is 0 Å². The van der Waals surface area contributed by atoms with Gasteiger partial charge in [0, 0.05) is 16.2 Å². The van der Waals surface area contributed by atoms with Gasteiger partial charge in [0.25, 0.3) is 0 Å². The minimum Gasteiger partial charge on any atom is -0.307 e. The molecule has 0 saturated carbocycles. The van der Waals surface area contributed by atoms with Crippen LogP contribution in [0.25, 0.3) is 0 Å². The number of carbonyl (C=O) groups is 1. The van der Waals surface area contributed by atoms with Crippen molar-refractivity contribution in [2.45, 2.75) is 19.4 Å². The van der Waals surface area contributed by atoms with Crippen LogP contribution in [0.3, 0.4) is 0 Å². The molecule has 1 aliphatic rings. The van der Waals surface area contributed by atoms with Crippen LogP contribution >= 0.6 is 15.9 Å². The molecule has 5 nitrogen and oxygen atoms in total. The molecule has 0 fully saturated rings. The summed E-state index contributed by atoms with van der Waals surface area (Å²) >= 11 is 3.33. The Kier molecular flexibility index (Phi) is 4.88. The zero-order valence-electron chi connectivity index (χ0n) is 14.0. The fraction of sp³-hybridized carbons (Fsp3) is 0.278. The van der Waals surface area contributed by atoms with E-state index in [1.807, 2.05) is 31.2 Å². The third kappa shape index (κ3) is 3.72. The quantitative estimate of drug-likeness (QED) is 0.759. The minimum atomic E-state index is -3.58. The van der Waals surface area contributed by atoms with Crippen molar-refractivity contribution in [2.24, 2.45) is 0 Å². The molecular weight excluding hydrogens is 404 g/mol. The molecule has 0 saturated heterocycles. The van der Waals surface area contributed by atoms with E-state index in [0.717, 1.165) is 32.7 Å². The number of halogens is 1. The van der Waals surface area contributed by atoms with Crippen molar-refractivity contribution >= 4 is 43.2 Å². The predicted molar refractivity (Wildman–Crippen MR) is 103 cm³/mol. The Morgan fingerprint density at radius 1 is 1.20 bits per heavy atom. The molecule has 0 N–H and O–H groups in total. The van der Waals surface area contributed by atoms with Gasteiger partial charge in [0.1, 0.15) is 6.54 Å². The smallest absolute Gasteiger partial charge is 0.248 e. The van der Waals surface area contributed by atoms with Gasteiger partial charge in [-0.2, -0.15) is 0 Å². The number of benzene rings is 2. The highest BCUT2D eigenvalue weighted by Crippen LogP contribution is 2.32. The Labute approximate surface area is 156 Å². The van der Waals surface area contributed by atoms with Crippen LogP contribution in [0.5, 0.6) is 0 Å². The summed E-state index contributed by atoms with van der Waals surface area (Å²) in [5.41, 5.74) is 2.45. The van der Waals surface area contributed by atoms with E-state index in [1.165, 1.54) is 0 Å². The first kappa shape index (κ1) is 17.9. The van der Waals surface area contributed by atoms with E-state index in [4.69, 9.17) is 0 Å². The summed E-state index contributed by atoms with van der Waals surface area (Å²) in [6.07, 6.45) is 1.89. The molecule has 0 bridgehead atoms. The lowest BCUT2D eigenvalue weighted by Gasteiger charge is -2.27. The van der Waals surface area contributed by atoms with Crippen LogP contribution in [0.15, 0.2) is 53.0 Å². The molecule has 132 valence electrons. The predicted octanol–water partition coefficient (Wildman–Crippen LogP) is 3.19. The van der Waals surface area contributed by atoms with Gasteiger partial charge >= 0.3 is 0 Å². The number of para-hydroxylation sites is 1. The van der Waals surface area contributed by atoms with Gasteiger partial charge in [-0.1, -0.05) is 34.1 Å². The third-order valence-electron chi connectivity index (χ3n) is 4.27. The number of sulfonamides is 1. The summed E-state index contributed by atoms with van der Waals surface area (Å²) in [4.78, 5) is 14.6. The zero-order valence-corrected chi connectivity index (χ0v) is 16.4. The van der Waals surface area contributed by atoms with Gasteiger partial charge in [-0.05, 0) is 49.2 Å². The maximum atomic E-state index is 12.9. The third-order valence-corrected chi connectivity index (χ3v) is 5.94. The van der Waals surface area contributed by atoms with Gasteiger partial charge in [0.2, 0.25) is 15.9 Å². The fourth-order valence-electron chi connectivity index (χ4n) is 3.15. The van der Waals surface area contributed by atoms with Gasteiger partial charge < -0.3 is 4.90 Å². The van der Waals surface area contributed by atoms with Gasteiger partial charge in [-0.3, -0.25) is 9.10 Å².